The number of benzene rings is 1. The quantitative estimate of drug-likeness (QED) is 0.762. The molecule has 2 aromatic rings. The van der Waals surface area contributed by atoms with Crippen LogP contribution in [-0.4, -0.2) is 27.6 Å². The van der Waals surface area contributed by atoms with E-state index in [1.54, 1.807) is 18.2 Å². The second-order valence-electron chi connectivity index (χ2n) is 3.67. The van der Waals surface area contributed by atoms with E-state index in [4.69, 9.17) is 5.11 Å². The van der Waals surface area contributed by atoms with Crippen molar-refractivity contribution in [1.29, 1.82) is 0 Å². The number of carbonyl (C=O) groups is 1. The van der Waals surface area contributed by atoms with Gasteiger partial charge in [-0.1, -0.05) is 0 Å². The normalized spacial score (nSPS) is 9.95. The first kappa shape index (κ1) is 12.7. The van der Waals surface area contributed by atoms with Crippen molar-refractivity contribution in [3.05, 3.63) is 42.5 Å². The Bertz CT molecular complexity index is 574. The highest BCUT2D eigenvalue weighted by atomic mass is 19.1. The number of hydrogen-bond donors (Lipinski definition) is 3. The third-order valence-electron chi connectivity index (χ3n) is 2.20. The van der Waals surface area contributed by atoms with Gasteiger partial charge < -0.3 is 15.7 Å². The molecule has 0 saturated carbocycles. The van der Waals surface area contributed by atoms with Gasteiger partial charge in [-0.05, 0) is 24.3 Å². The minimum Gasteiger partial charge on any atom is -0.480 e. The molecule has 0 aliphatic carbocycles. The smallest absolute Gasteiger partial charge is 0.322 e. The van der Waals surface area contributed by atoms with Crippen molar-refractivity contribution in [3.8, 4) is 0 Å². The van der Waals surface area contributed by atoms with Crippen LogP contribution < -0.4 is 10.6 Å². The molecule has 7 heteroatoms. The van der Waals surface area contributed by atoms with Gasteiger partial charge in [0.05, 0.1) is 0 Å². The second kappa shape index (κ2) is 5.76. The number of carboxylic acid groups (broad SMARTS) is 1. The molecule has 0 aliphatic rings. The summed E-state index contributed by atoms with van der Waals surface area (Å²) in [5.74, 6) is -0.430. The number of nitrogens with zero attached hydrogens (tertiary/aromatic N) is 2. The van der Waals surface area contributed by atoms with Gasteiger partial charge in [0.25, 0.3) is 0 Å². The van der Waals surface area contributed by atoms with Gasteiger partial charge in [-0.3, -0.25) is 4.79 Å². The fraction of sp³-hybridized carbons (Fsp3) is 0.0833. The summed E-state index contributed by atoms with van der Waals surface area (Å²) in [7, 11) is 0. The lowest BCUT2D eigenvalue weighted by Crippen LogP contribution is -2.13. The van der Waals surface area contributed by atoms with Gasteiger partial charge in [-0.25, -0.2) is 14.4 Å². The first-order valence-corrected chi connectivity index (χ1v) is 5.44. The highest BCUT2D eigenvalue weighted by molar-refractivity contribution is 5.72. The molecule has 2 rings (SSSR count). The minimum atomic E-state index is -0.980. The van der Waals surface area contributed by atoms with E-state index in [2.05, 4.69) is 20.6 Å². The van der Waals surface area contributed by atoms with Crippen LogP contribution in [-0.2, 0) is 4.79 Å². The molecule has 0 bridgehead atoms. The second-order valence-corrected chi connectivity index (χ2v) is 3.67. The maximum atomic E-state index is 12.7. The molecule has 0 atom stereocenters. The summed E-state index contributed by atoms with van der Waals surface area (Å²) in [5, 5.41) is 14.1. The number of aromatic nitrogens is 2. The van der Waals surface area contributed by atoms with E-state index in [1.807, 2.05) is 0 Å². The third kappa shape index (κ3) is 3.91. The van der Waals surface area contributed by atoms with Gasteiger partial charge in [0.1, 0.15) is 30.3 Å². The van der Waals surface area contributed by atoms with Gasteiger partial charge in [0.15, 0.2) is 0 Å². The Morgan fingerprint density at radius 1 is 1.21 bits per heavy atom. The lowest BCUT2D eigenvalue weighted by atomic mass is 10.3. The fourth-order valence-corrected chi connectivity index (χ4v) is 1.37. The summed E-state index contributed by atoms with van der Waals surface area (Å²) in [6, 6.07) is 7.36. The number of nitrogens with one attached hydrogen (secondary N) is 2. The van der Waals surface area contributed by atoms with Crippen molar-refractivity contribution in [3.63, 3.8) is 0 Å². The predicted octanol–water partition coefficient (Wildman–Crippen LogP) is 1.86. The summed E-state index contributed by atoms with van der Waals surface area (Å²) in [4.78, 5) is 18.3. The average Bonchev–Trinajstić information content (AvgIpc) is 2.40. The van der Waals surface area contributed by atoms with E-state index in [0.717, 1.165) is 0 Å². The summed E-state index contributed by atoms with van der Waals surface area (Å²) in [6.45, 7) is -0.229. The Hall–Kier alpha value is -2.70. The molecule has 0 aliphatic heterocycles. The fourth-order valence-electron chi connectivity index (χ4n) is 1.37. The zero-order valence-corrected chi connectivity index (χ0v) is 9.80. The summed E-state index contributed by atoms with van der Waals surface area (Å²) in [5.41, 5.74) is 0.671. The molecule has 0 spiro atoms. The van der Waals surface area contributed by atoms with Gasteiger partial charge in [-0.15, -0.1) is 0 Å². The van der Waals surface area contributed by atoms with Gasteiger partial charge >= 0.3 is 5.97 Å². The molecule has 0 saturated heterocycles. The van der Waals surface area contributed by atoms with Gasteiger partial charge in [-0.2, -0.15) is 0 Å². The van der Waals surface area contributed by atoms with Crippen molar-refractivity contribution < 1.29 is 14.3 Å². The molecule has 0 unspecified atom stereocenters. The average molecular weight is 262 g/mol. The summed E-state index contributed by atoms with van der Waals surface area (Å²) < 4.78 is 12.7. The van der Waals surface area contributed by atoms with Crippen LogP contribution in [0.3, 0.4) is 0 Å². The lowest BCUT2D eigenvalue weighted by molar-refractivity contribution is -0.134. The van der Waals surface area contributed by atoms with E-state index >= 15 is 0 Å². The number of aliphatic carboxylic acids is 1. The highest BCUT2D eigenvalue weighted by Crippen LogP contribution is 2.16. The maximum Gasteiger partial charge on any atom is 0.322 e. The first-order chi connectivity index (χ1) is 9.13. The van der Waals surface area contributed by atoms with Crippen molar-refractivity contribution in [2.24, 2.45) is 0 Å². The van der Waals surface area contributed by atoms with Gasteiger partial charge in [0, 0.05) is 11.8 Å². The molecule has 1 heterocycles. The lowest BCUT2D eigenvalue weighted by Gasteiger charge is -2.07. The van der Waals surface area contributed by atoms with Crippen molar-refractivity contribution in [2.75, 3.05) is 17.2 Å². The molecule has 19 heavy (non-hydrogen) atoms. The van der Waals surface area contributed by atoms with Crippen molar-refractivity contribution in [2.45, 2.75) is 0 Å². The minimum absolute atomic E-state index is 0.229. The van der Waals surface area contributed by atoms with Crippen molar-refractivity contribution >= 4 is 23.3 Å². The SMILES string of the molecule is O=C(O)CNc1cc(Nc2ccc(F)cc2)ncn1. The predicted molar refractivity (Wildman–Crippen MR) is 67.8 cm³/mol. The maximum absolute atomic E-state index is 12.7. The summed E-state index contributed by atoms with van der Waals surface area (Å²) in [6.07, 6.45) is 1.30. The third-order valence-corrected chi connectivity index (χ3v) is 2.20. The number of carboxylic acids is 1. The molecule has 0 amide bonds. The Labute approximate surface area is 108 Å². The number of halogens is 1. The van der Waals surface area contributed by atoms with Crippen LogP contribution in [0.15, 0.2) is 36.7 Å². The molecule has 0 radical (unpaired) electrons. The van der Waals surface area contributed by atoms with E-state index in [-0.39, 0.29) is 12.4 Å². The molecule has 3 N–H and O–H groups in total. The van der Waals surface area contributed by atoms with Crippen LogP contribution in [0.25, 0.3) is 0 Å². The first-order valence-electron chi connectivity index (χ1n) is 5.44. The molecular weight excluding hydrogens is 251 g/mol. The highest BCUT2D eigenvalue weighted by Gasteiger charge is 2.01. The number of anilines is 3. The van der Waals surface area contributed by atoms with E-state index in [9.17, 15) is 9.18 Å². The summed E-state index contributed by atoms with van der Waals surface area (Å²) >= 11 is 0. The largest absolute Gasteiger partial charge is 0.480 e. The Kier molecular flexibility index (Phi) is 3.87. The Morgan fingerprint density at radius 3 is 2.58 bits per heavy atom. The molecule has 1 aromatic carbocycles. The van der Waals surface area contributed by atoms with Crippen LogP contribution in [0.4, 0.5) is 21.7 Å². The standard InChI is InChI=1S/C12H11FN4O2/c13-8-1-3-9(4-2-8)17-11-5-10(15-7-16-11)14-6-12(18)19/h1-5,7H,6H2,(H,18,19)(H2,14,15,16,17). The van der Waals surface area contributed by atoms with Crippen LogP contribution in [0.2, 0.25) is 0 Å². The number of rotatable bonds is 5. The van der Waals surface area contributed by atoms with E-state index in [0.29, 0.717) is 17.3 Å². The van der Waals surface area contributed by atoms with Crippen LogP contribution in [0.5, 0.6) is 0 Å². The number of hydrogen-bond acceptors (Lipinski definition) is 5. The molecular formula is C12H11FN4O2. The zero-order chi connectivity index (χ0) is 13.7. The van der Waals surface area contributed by atoms with Crippen LogP contribution in [0.1, 0.15) is 0 Å². The topological polar surface area (TPSA) is 87.1 Å². The molecule has 98 valence electrons. The molecule has 0 fully saturated rings. The molecule has 1 aromatic heterocycles. The monoisotopic (exact) mass is 262 g/mol. The molecule has 6 nitrogen and oxygen atoms in total. The van der Waals surface area contributed by atoms with E-state index in [1.165, 1.54) is 18.5 Å². The van der Waals surface area contributed by atoms with Crippen LogP contribution >= 0.6 is 0 Å². The van der Waals surface area contributed by atoms with Crippen LogP contribution in [0, 0.1) is 5.82 Å². The Balaban J connectivity index is 2.06. The Morgan fingerprint density at radius 2 is 1.89 bits per heavy atom. The van der Waals surface area contributed by atoms with Gasteiger partial charge in [0.2, 0.25) is 0 Å². The zero-order valence-electron chi connectivity index (χ0n) is 9.80. The van der Waals surface area contributed by atoms with Crippen molar-refractivity contribution in [1.82, 2.24) is 9.97 Å². The van der Waals surface area contributed by atoms with E-state index < -0.39 is 5.97 Å².